The Hall–Kier alpha value is -3.56. The number of methoxy groups -OCH3 is 1. The molecule has 0 unspecified atom stereocenters. The zero-order valence-corrected chi connectivity index (χ0v) is 26.6. The lowest BCUT2D eigenvalue weighted by molar-refractivity contribution is -0.136. The summed E-state index contributed by atoms with van der Waals surface area (Å²) in [5.74, 6) is 0.252. The first-order valence-electron chi connectivity index (χ1n) is 13.5. The molecular weight excluding hydrogens is 631 g/mol. The number of ether oxygens (including phenoxy) is 3. The molecule has 43 heavy (non-hydrogen) atoms. The highest BCUT2D eigenvalue weighted by atomic mass is 35.5. The van der Waals surface area contributed by atoms with Gasteiger partial charge in [-0.05, 0) is 54.8 Å². The fraction of sp³-hybridized carbons (Fsp3) is 0.219. The minimum atomic E-state index is -0.681. The second kappa shape index (κ2) is 13.4. The van der Waals surface area contributed by atoms with Crippen LogP contribution in [0.25, 0.3) is 6.08 Å². The first-order valence-corrected chi connectivity index (χ1v) is 15.4. The fourth-order valence-electron chi connectivity index (χ4n) is 4.83. The summed E-state index contributed by atoms with van der Waals surface area (Å²) < 4.78 is 19.0. The van der Waals surface area contributed by atoms with Gasteiger partial charge in [0.15, 0.2) is 16.3 Å². The molecule has 1 aliphatic rings. The zero-order valence-electron chi connectivity index (χ0n) is 23.5. The van der Waals surface area contributed by atoms with Gasteiger partial charge in [-0.25, -0.2) is 9.79 Å². The van der Waals surface area contributed by atoms with Crippen molar-refractivity contribution in [3.63, 3.8) is 0 Å². The summed E-state index contributed by atoms with van der Waals surface area (Å²) in [6, 6.07) is 17.3. The number of thiazole rings is 1. The van der Waals surface area contributed by atoms with E-state index < -0.39 is 12.0 Å². The summed E-state index contributed by atoms with van der Waals surface area (Å²) in [4.78, 5) is 32.1. The molecule has 1 aromatic heterocycles. The van der Waals surface area contributed by atoms with Crippen LogP contribution in [0.3, 0.4) is 0 Å². The maximum atomic E-state index is 13.9. The van der Waals surface area contributed by atoms with Gasteiger partial charge in [0.05, 0.1) is 40.6 Å². The van der Waals surface area contributed by atoms with E-state index in [0.29, 0.717) is 65.8 Å². The lowest BCUT2D eigenvalue weighted by Gasteiger charge is -2.25. The smallest absolute Gasteiger partial charge is 0.338 e. The molecule has 7 nitrogen and oxygen atoms in total. The van der Waals surface area contributed by atoms with Crippen LogP contribution in [-0.4, -0.2) is 24.3 Å². The molecule has 0 spiro atoms. The molecule has 0 N–H and O–H groups in total. The van der Waals surface area contributed by atoms with Gasteiger partial charge in [0.25, 0.3) is 5.56 Å². The Morgan fingerprint density at radius 2 is 1.79 bits per heavy atom. The zero-order chi connectivity index (χ0) is 30.7. The van der Waals surface area contributed by atoms with E-state index in [2.05, 4.69) is 0 Å². The number of benzene rings is 3. The molecule has 0 saturated carbocycles. The Kier molecular flexibility index (Phi) is 9.62. The molecule has 3 aromatic carbocycles. The van der Waals surface area contributed by atoms with E-state index in [1.54, 1.807) is 41.0 Å². The quantitative estimate of drug-likeness (QED) is 0.187. The number of halogens is 3. The maximum Gasteiger partial charge on any atom is 0.338 e. The molecule has 5 rings (SSSR count). The summed E-state index contributed by atoms with van der Waals surface area (Å²) in [6.45, 7) is 4.29. The number of nitrogens with zero attached hydrogens (tertiary/aromatic N) is 2. The van der Waals surface area contributed by atoms with Gasteiger partial charge in [0.1, 0.15) is 6.61 Å². The third-order valence-corrected chi connectivity index (χ3v) is 8.63. The van der Waals surface area contributed by atoms with Gasteiger partial charge >= 0.3 is 5.97 Å². The molecule has 0 fully saturated rings. The highest BCUT2D eigenvalue weighted by Crippen LogP contribution is 2.38. The van der Waals surface area contributed by atoms with Crippen LogP contribution in [0.15, 0.2) is 81.7 Å². The van der Waals surface area contributed by atoms with Gasteiger partial charge in [-0.1, -0.05) is 89.5 Å². The van der Waals surface area contributed by atoms with Gasteiger partial charge in [-0.3, -0.25) is 9.36 Å². The largest absolute Gasteiger partial charge is 0.490 e. The summed E-state index contributed by atoms with van der Waals surface area (Å²) >= 11 is 20.2. The van der Waals surface area contributed by atoms with Crippen LogP contribution in [0.4, 0.5) is 0 Å². The van der Waals surface area contributed by atoms with E-state index >= 15 is 0 Å². The molecule has 1 atom stereocenters. The van der Waals surface area contributed by atoms with Crippen LogP contribution in [0, 0.1) is 0 Å². The number of carbonyl (C=O) groups excluding carboxylic acids is 1. The van der Waals surface area contributed by atoms with Crippen LogP contribution in [0.1, 0.15) is 43.0 Å². The van der Waals surface area contributed by atoms with Crippen molar-refractivity contribution in [2.45, 2.75) is 32.9 Å². The number of esters is 1. The van der Waals surface area contributed by atoms with E-state index in [1.807, 2.05) is 44.2 Å². The van der Waals surface area contributed by atoms with Gasteiger partial charge in [-0.15, -0.1) is 0 Å². The van der Waals surface area contributed by atoms with E-state index in [-0.39, 0.29) is 12.2 Å². The maximum absolute atomic E-state index is 13.9. The number of rotatable bonds is 9. The molecule has 1 aliphatic heterocycles. The predicted octanol–water partition coefficient (Wildman–Crippen LogP) is 6.74. The van der Waals surface area contributed by atoms with E-state index in [0.717, 1.165) is 11.1 Å². The minimum Gasteiger partial charge on any atom is -0.490 e. The van der Waals surface area contributed by atoms with E-state index in [1.165, 1.54) is 18.4 Å². The number of carbonyl (C=O) groups is 1. The van der Waals surface area contributed by atoms with Crippen molar-refractivity contribution in [1.29, 1.82) is 0 Å². The summed E-state index contributed by atoms with van der Waals surface area (Å²) in [5.41, 5.74) is 2.79. The van der Waals surface area contributed by atoms with Crippen molar-refractivity contribution < 1.29 is 19.0 Å². The molecule has 222 valence electrons. The van der Waals surface area contributed by atoms with Crippen molar-refractivity contribution >= 4 is 58.2 Å². The van der Waals surface area contributed by atoms with Crippen molar-refractivity contribution in [1.82, 2.24) is 4.57 Å². The number of aromatic nitrogens is 1. The van der Waals surface area contributed by atoms with Crippen molar-refractivity contribution in [3.8, 4) is 11.5 Å². The predicted molar refractivity (Wildman–Crippen MR) is 170 cm³/mol. The van der Waals surface area contributed by atoms with Crippen molar-refractivity contribution in [2.75, 3.05) is 13.7 Å². The van der Waals surface area contributed by atoms with Gasteiger partial charge in [0, 0.05) is 15.6 Å². The molecule has 0 amide bonds. The van der Waals surface area contributed by atoms with Crippen LogP contribution in [-0.2, 0) is 16.1 Å². The van der Waals surface area contributed by atoms with Crippen LogP contribution in [0.2, 0.25) is 15.1 Å². The Balaban J connectivity index is 1.59. The van der Waals surface area contributed by atoms with Crippen molar-refractivity contribution in [3.05, 3.63) is 123 Å². The Labute approximate surface area is 267 Å². The number of allylic oxidation sites excluding steroid dienone is 1. The molecule has 0 aliphatic carbocycles. The number of hydrogen-bond acceptors (Lipinski definition) is 7. The Morgan fingerprint density at radius 1 is 1.02 bits per heavy atom. The highest BCUT2D eigenvalue weighted by Gasteiger charge is 2.33. The van der Waals surface area contributed by atoms with E-state index in [4.69, 9.17) is 54.0 Å². The lowest BCUT2D eigenvalue weighted by atomic mass is 9.95. The third kappa shape index (κ3) is 6.38. The fourth-order valence-corrected chi connectivity index (χ4v) is 6.59. The molecule has 0 bridgehead atoms. The molecule has 0 saturated heterocycles. The highest BCUT2D eigenvalue weighted by molar-refractivity contribution is 7.07. The Bertz CT molecular complexity index is 1900. The average molecular weight is 658 g/mol. The van der Waals surface area contributed by atoms with Crippen molar-refractivity contribution in [2.24, 2.45) is 4.99 Å². The first-order chi connectivity index (χ1) is 20.7. The molecule has 11 heteroatoms. The molecule has 2 heterocycles. The number of hydrogen-bond donors (Lipinski definition) is 0. The number of fused-ring (bicyclic) bond motifs is 1. The first kappa shape index (κ1) is 30.9. The van der Waals surface area contributed by atoms with E-state index in [9.17, 15) is 9.59 Å². The summed E-state index contributed by atoms with van der Waals surface area (Å²) in [5, 5.41) is 1.31. The standard InChI is InChI=1S/C32H27Cl3N2O5S/c1-4-24-27(31(39)40-3)28(19-9-7-6-8-10-19)37-30(38)26(43-32(37)36-24)15-18-13-23(35)29(25(14-18)41-5-2)42-17-20-11-12-21(33)16-22(20)34/h6-16,28H,4-5,17H2,1-3H3/b26-15-/t28-/m1/s1. The topological polar surface area (TPSA) is 79.1 Å². The normalized spacial score (nSPS) is 14.7. The summed E-state index contributed by atoms with van der Waals surface area (Å²) in [7, 11) is 1.33. The second-order valence-electron chi connectivity index (χ2n) is 9.49. The SMILES string of the molecule is CCOc1cc(/C=c2\sc3n(c2=O)[C@H](c2ccccc2)C(C(=O)OC)=C(CC)N=3)cc(Cl)c1OCc1ccc(Cl)cc1Cl. The van der Waals surface area contributed by atoms with Gasteiger partial charge in [-0.2, -0.15) is 0 Å². The second-order valence-corrected chi connectivity index (χ2v) is 11.7. The monoisotopic (exact) mass is 656 g/mol. The van der Waals surface area contributed by atoms with Gasteiger partial charge < -0.3 is 14.2 Å². The van der Waals surface area contributed by atoms with Gasteiger partial charge in [0.2, 0.25) is 0 Å². The summed E-state index contributed by atoms with van der Waals surface area (Å²) in [6.07, 6.45) is 2.22. The molecular formula is C32H27Cl3N2O5S. The lowest BCUT2D eigenvalue weighted by Crippen LogP contribution is -2.40. The minimum absolute atomic E-state index is 0.148. The average Bonchev–Trinajstić information content (AvgIpc) is 3.30. The van der Waals surface area contributed by atoms with Crippen LogP contribution in [0.5, 0.6) is 11.5 Å². The molecule has 4 aromatic rings. The van der Waals surface area contributed by atoms with Crippen LogP contribution < -0.4 is 24.4 Å². The Morgan fingerprint density at radius 3 is 2.47 bits per heavy atom. The molecule has 0 radical (unpaired) electrons. The third-order valence-electron chi connectivity index (χ3n) is 6.78. The van der Waals surface area contributed by atoms with Crippen LogP contribution >= 0.6 is 46.1 Å².